The van der Waals surface area contributed by atoms with E-state index in [1.807, 2.05) is 0 Å². The van der Waals surface area contributed by atoms with Gasteiger partial charge in [-0.3, -0.25) is 0 Å². The fourth-order valence-corrected chi connectivity index (χ4v) is 3.16. The molecule has 0 aliphatic heterocycles. The van der Waals surface area contributed by atoms with Gasteiger partial charge in [0.2, 0.25) is 0 Å². The molecule has 9 heteroatoms. The quantitative estimate of drug-likeness (QED) is 0.650. The number of fused-ring (bicyclic) bond motifs is 1. The number of imidazole rings is 1. The van der Waals surface area contributed by atoms with Crippen LogP contribution in [0.2, 0.25) is 0 Å². The zero-order chi connectivity index (χ0) is 15.6. The largest absolute Gasteiger partial charge is 0.374 e. The minimum atomic E-state index is -3.39. The summed E-state index contributed by atoms with van der Waals surface area (Å²) in [6.45, 7) is -0.308. The average molecular weight is 336 g/mol. The molecule has 5 nitrogen and oxygen atoms in total. The fourth-order valence-electron chi connectivity index (χ4n) is 2.01. The second-order valence-electron chi connectivity index (χ2n) is 4.47. The summed E-state index contributed by atoms with van der Waals surface area (Å²) in [7, 11) is -3.39. The van der Waals surface area contributed by atoms with Gasteiger partial charge in [-0.05, 0) is 24.4 Å². The monoisotopic (exact) mass is 336 g/mol. The standard InChI is InChI=1S/C12H14F2N2O3S2/c1-21(17,18)9-4-2-3-8-11(9)15-12(20)16(8)5-6-19-7-10(13)14/h2-4,10H,5-7H2,1H3,(H,15,20). The molecule has 0 bridgehead atoms. The highest BCUT2D eigenvalue weighted by atomic mass is 32.2. The molecule has 0 radical (unpaired) electrons. The molecule has 116 valence electrons. The molecule has 0 spiro atoms. The molecule has 0 fully saturated rings. The number of rotatable bonds is 6. The summed E-state index contributed by atoms with van der Waals surface area (Å²) in [6, 6.07) is 4.81. The molecule has 0 unspecified atom stereocenters. The first-order valence-electron chi connectivity index (χ1n) is 6.08. The maximum atomic E-state index is 12.0. The summed E-state index contributed by atoms with van der Waals surface area (Å²) in [5, 5.41) is 0. The Morgan fingerprint density at radius 2 is 2.14 bits per heavy atom. The molecule has 0 saturated carbocycles. The third-order valence-electron chi connectivity index (χ3n) is 2.87. The van der Waals surface area contributed by atoms with Gasteiger partial charge in [0, 0.05) is 12.8 Å². The van der Waals surface area contributed by atoms with Gasteiger partial charge in [-0.15, -0.1) is 0 Å². The maximum absolute atomic E-state index is 12.0. The van der Waals surface area contributed by atoms with Crippen LogP contribution in [0.25, 0.3) is 11.0 Å². The molecule has 0 aliphatic rings. The predicted molar refractivity (Wildman–Crippen MR) is 77.1 cm³/mol. The van der Waals surface area contributed by atoms with Crippen LogP contribution in [0.5, 0.6) is 0 Å². The van der Waals surface area contributed by atoms with E-state index >= 15 is 0 Å². The number of nitrogens with zero attached hydrogens (tertiary/aromatic N) is 1. The van der Waals surface area contributed by atoms with Crippen molar-refractivity contribution in [1.82, 2.24) is 9.55 Å². The topological polar surface area (TPSA) is 64.1 Å². The number of alkyl halides is 2. The number of halogens is 2. The van der Waals surface area contributed by atoms with E-state index in [-0.39, 0.29) is 18.0 Å². The molecule has 0 atom stereocenters. The van der Waals surface area contributed by atoms with E-state index in [4.69, 9.17) is 17.0 Å². The number of para-hydroxylation sites is 1. The lowest BCUT2D eigenvalue weighted by Crippen LogP contribution is -2.10. The minimum Gasteiger partial charge on any atom is -0.374 e. The zero-order valence-corrected chi connectivity index (χ0v) is 12.8. The Morgan fingerprint density at radius 3 is 2.76 bits per heavy atom. The molecule has 1 aromatic heterocycles. The van der Waals surface area contributed by atoms with Crippen LogP contribution in [0.4, 0.5) is 8.78 Å². The number of nitrogens with one attached hydrogen (secondary N) is 1. The highest BCUT2D eigenvalue weighted by molar-refractivity contribution is 7.91. The third kappa shape index (κ3) is 3.66. The molecule has 1 N–H and O–H groups in total. The lowest BCUT2D eigenvalue weighted by atomic mass is 10.3. The van der Waals surface area contributed by atoms with Crippen molar-refractivity contribution < 1.29 is 21.9 Å². The number of sulfone groups is 1. The van der Waals surface area contributed by atoms with Crippen LogP contribution >= 0.6 is 12.2 Å². The molecule has 1 aromatic carbocycles. The Kier molecular flexibility index (Phi) is 4.74. The second-order valence-corrected chi connectivity index (χ2v) is 6.84. The third-order valence-corrected chi connectivity index (χ3v) is 4.34. The first-order chi connectivity index (χ1) is 9.80. The van der Waals surface area contributed by atoms with Crippen LogP contribution in [0.15, 0.2) is 23.1 Å². The molecule has 2 rings (SSSR count). The van der Waals surface area contributed by atoms with Crippen molar-refractivity contribution in [3.8, 4) is 0 Å². The summed E-state index contributed by atoms with van der Waals surface area (Å²) in [5.41, 5.74) is 1.02. The molecule has 21 heavy (non-hydrogen) atoms. The lowest BCUT2D eigenvalue weighted by Gasteiger charge is -2.06. The van der Waals surface area contributed by atoms with Crippen LogP contribution < -0.4 is 0 Å². The SMILES string of the molecule is CS(=O)(=O)c1cccc2c1[nH]c(=S)n2CCOCC(F)F. The Balaban J connectivity index is 2.34. The predicted octanol–water partition coefficient (Wildman–Crippen LogP) is 2.38. The van der Waals surface area contributed by atoms with Crippen LogP contribution in [0, 0.1) is 4.77 Å². The zero-order valence-electron chi connectivity index (χ0n) is 11.2. The molecular formula is C12H14F2N2O3S2. The normalized spacial score (nSPS) is 12.4. The highest BCUT2D eigenvalue weighted by Gasteiger charge is 2.15. The molecular weight excluding hydrogens is 322 g/mol. The van der Waals surface area contributed by atoms with E-state index in [1.165, 1.54) is 6.07 Å². The maximum Gasteiger partial charge on any atom is 0.261 e. The van der Waals surface area contributed by atoms with Crippen molar-refractivity contribution in [3.05, 3.63) is 23.0 Å². The molecule has 1 heterocycles. The highest BCUT2D eigenvalue weighted by Crippen LogP contribution is 2.22. The fraction of sp³-hybridized carbons (Fsp3) is 0.417. The number of H-pyrrole nitrogens is 1. The van der Waals surface area contributed by atoms with Gasteiger partial charge in [-0.1, -0.05) is 6.07 Å². The van der Waals surface area contributed by atoms with Gasteiger partial charge in [-0.2, -0.15) is 0 Å². The Bertz CT molecular complexity index is 796. The lowest BCUT2D eigenvalue weighted by molar-refractivity contribution is 0.0149. The number of aromatic nitrogens is 2. The van der Waals surface area contributed by atoms with E-state index in [2.05, 4.69) is 4.98 Å². The van der Waals surface area contributed by atoms with E-state index in [1.54, 1.807) is 16.7 Å². The molecule has 0 amide bonds. The molecule has 0 aliphatic carbocycles. The first kappa shape index (κ1) is 16.1. The Labute approximate surface area is 125 Å². The summed E-state index contributed by atoms with van der Waals surface area (Å²) >= 11 is 5.15. The van der Waals surface area contributed by atoms with Gasteiger partial charge < -0.3 is 14.3 Å². The average Bonchev–Trinajstić information content (AvgIpc) is 2.69. The minimum absolute atomic E-state index is 0.0642. The van der Waals surface area contributed by atoms with Gasteiger partial charge in [-0.25, -0.2) is 17.2 Å². The van der Waals surface area contributed by atoms with Crippen molar-refractivity contribution >= 4 is 33.1 Å². The van der Waals surface area contributed by atoms with E-state index in [0.717, 1.165) is 6.26 Å². The van der Waals surface area contributed by atoms with Gasteiger partial charge in [0.25, 0.3) is 6.43 Å². The van der Waals surface area contributed by atoms with Gasteiger partial charge in [0.1, 0.15) is 6.61 Å². The Hall–Kier alpha value is -1.32. The second kappa shape index (κ2) is 6.20. The van der Waals surface area contributed by atoms with E-state index in [9.17, 15) is 17.2 Å². The number of ether oxygens (including phenoxy) is 1. The van der Waals surface area contributed by atoms with Crippen molar-refractivity contribution in [2.75, 3.05) is 19.5 Å². The summed E-state index contributed by atoms with van der Waals surface area (Å²) in [5.74, 6) is 0. The molecule has 0 saturated heterocycles. The van der Waals surface area contributed by atoms with Crippen LogP contribution in [0.3, 0.4) is 0 Å². The van der Waals surface area contributed by atoms with Gasteiger partial charge in [0.15, 0.2) is 14.6 Å². The molecule has 2 aromatic rings. The number of benzene rings is 1. The first-order valence-corrected chi connectivity index (χ1v) is 8.38. The summed E-state index contributed by atoms with van der Waals surface area (Å²) in [6.07, 6.45) is -1.40. The Morgan fingerprint density at radius 1 is 1.43 bits per heavy atom. The van der Waals surface area contributed by atoms with Crippen molar-refractivity contribution in [2.45, 2.75) is 17.9 Å². The summed E-state index contributed by atoms with van der Waals surface area (Å²) < 4.78 is 54.2. The number of aromatic amines is 1. The summed E-state index contributed by atoms with van der Waals surface area (Å²) in [4.78, 5) is 3.00. The van der Waals surface area contributed by atoms with Crippen LogP contribution in [-0.4, -0.2) is 43.9 Å². The van der Waals surface area contributed by atoms with E-state index < -0.39 is 22.9 Å². The van der Waals surface area contributed by atoms with Crippen molar-refractivity contribution in [1.29, 1.82) is 0 Å². The van der Waals surface area contributed by atoms with Crippen LogP contribution in [0.1, 0.15) is 0 Å². The van der Waals surface area contributed by atoms with Gasteiger partial charge in [0.05, 0.1) is 22.5 Å². The van der Waals surface area contributed by atoms with E-state index in [0.29, 0.717) is 15.8 Å². The van der Waals surface area contributed by atoms with Crippen molar-refractivity contribution in [3.63, 3.8) is 0 Å². The smallest absolute Gasteiger partial charge is 0.261 e. The number of hydrogen-bond acceptors (Lipinski definition) is 4. The van der Waals surface area contributed by atoms with Crippen LogP contribution in [-0.2, 0) is 21.1 Å². The number of hydrogen-bond donors (Lipinski definition) is 1. The van der Waals surface area contributed by atoms with Crippen molar-refractivity contribution in [2.24, 2.45) is 0 Å². The van der Waals surface area contributed by atoms with Gasteiger partial charge >= 0.3 is 0 Å².